The van der Waals surface area contributed by atoms with Gasteiger partial charge < -0.3 is 10.1 Å². The SMILES string of the molecule is CCOC(=O)Cc1csc(NC(C)c2ncc(C)s2)n1. The summed E-state index contributed by atoms with van der Waals surface area (Å²) in [5.74, 6) is -0.243. The molecular formula is C13H17N3O2S2. The lowest BCUT2D eigenvalue weighted by Crippen LogP contribution is -2.08. The van der Waals surface area contributed by atoms with Gasteiger partial charge in [-0.05, 0) is 20.8 Å². The predicted molar refractivity (Wildman–Crippen MR) is 81.3 cm³/mol. The topological polar surface area (TPSA) is 64.1 Å². The first-order chi connectivity index (χ1) is 9.58. The average molecular weight is 311 g/mol. The maximum Gasteiger partial charge on any atom is 0.311 e. The Morgan fingerprint density at radius 1 is 1.55 bits per heavy atom. The van der Waals surface area contributed by atoms with Gasteiger partial charge in [-0.3, -0.25) is 4.79 Å². The van der Waals surface area contributed by atoms with Gasteiger partial charge in [0.05, 0.1) is 24.8 Å². The van der Waals surface area contributed by atoms with Crippen molar-refractivity contribution in [3.8, 4) is 0 Å². The molecule has 108 valence electrons. The van der Waals surface area contributed by atoms with Crippen LogP contribution in [0.2, 0.25) is 0 Å². The average Bonchev–Trinajstić information content (AvgIpc) is 2.99. The number of hydrogen-bond acceptors (Lipinski definition) is 7. The van der Waals surface area contributed by atoms with Crippen LogP contribution in [0.1, 0.15) is 35.5 Å². The third-order valence-electron chi connectivity index (χ3n) is 2.53. The first kappa shape index (κ1) is 14.9. The van der Waals surface area contributed by atoms with Crippen molar-refractivity contribution in [3.63, 3.8) is 0 Å². The zero-order valence-corrected chi connectivity index (χ0v) is 13.3. The number of rotatable bonds is 6. The molecule has 7 heteroatoms. The summed E-state index contributed by atoms with van der Waals surface area (Å²) in [6, 6.07) is 0.107. The van der Waals surface area contributed by atoms with E-state index >= 15 is 0 Å². The first-order valence-corrected chi connectivity index (χ1v) is 8.07. The van der Waals surface area contributed by atoms with Crippen LogP contribution >= 0.6 is 22.7 Å². The molecule has 0 aliphatic rings. The van der Waals surface area contributed by atoms with E-state index in [0.717, 1.165) is 15.8 Å². The number of carbonyl (C=O) groups is 1. The number of ether oxygens (including phenoxy) is 1. The molecule has 0 amide bonds. The Morgan fingerprint density at radius 3 is 3.00 bits per heavy atom. The van der Waals surface area contributed by atoms with Crippen molar-refractivity contribution in [1.29, 1.82) is 0 Å². The minimum atomic E-state index is -0.243. The van der Waals surface area contributed by atoms with Gasteiger partial charge in [0.2, 0.25) is 0 Å². The maximum absolute atomic E-state index is 11.4. The lowest BCUT2D eigenvalue weighted by atomic mass is 10.3. The van der Waals surface area contributed by atoms with E-state index in [0.29, 0.717) is 6.61 Å². The van der Waals surface area contributed by atoms with Crippen LogP contribution in [-0.4, -0.2) is 22.5 Å². The molecule has 0 saturated heterocycles. The van der Waals surface area contributed by atoms with Crippen LogP contribution in [0.15, 0.2) is 11.6 Å². The lowest BCUT2D eigenvalue weighted by Gasteiger charge is -2.09. The Morgan fingerprint density at radius 2 is 2.35 bits per heavy atom. The van der Waals surface area contributed by atoms with E-state index in [2.05, 4.69) is 15.3 Å². The molecule has 2 aromatic rings. The van der Waals surface area contributed by atoms with Gasteiger partial charge in [-0.1, -0.05) is 0 Å². The van der Waals surface area contributed by atoms with E-state index in [4.69, 9.17) is 4.74 Å². The molecular weight excluding hydrogens is 294 g/mol. The van der Waals surface area contributed by atoms with Crippen molar-refractivity contribution < 1.29 is 9.53 Å². The number of nitrogens with zero attached hydrogens (tertiary/aromatic N) is 2. The van der Waals surface area contributed by atoms with E-state index in [-0.39, 0.29) is 18.4 Å². The Bertz CT molecular complexity index is 580. The van der Waals surface area contributed by atoms with Crippen molar-refractivity contribution in [1.82, 2.24) is 9.97 Å². The standard InChI is InChI=1S/C13H17N3O2S2/c1-4-18-11(17)5-10-7-19-13(16-10)15-9(3)12-14-6-8(2)20-12/h6-7,9H,4-5H2,1-3H3,(H,15,16). The number of thiazole rings is 2. The van der Waals surface area contributed by atoms with Crippen LogP contribution in [-0.2, 0) is 16.0 Å². The number of hydrogen-bond donors (Lipinski definition) is 1. The van der Waals surface area contributed by atoms with Crippen molar-refractivity contribution >= 4 is 33.8 Å². The molecule has 0 bridgehead atoms. The summed E-state index contributed by atoms with van der Waals surface area (Å²) in [5, 5.41) is 7.00. The van der Waals surface area contributed by atoms with Gasteiger partial charge in [0, 0.05) is 16.5 Å². The van der Waals surface area contributed by atoms with E-state index in [1.54, 1.807) is 18.3 Å². The predicted octanol–water partition coefficient (Wildman–Crippen LogP) is 3.19. The molecule has 0 spiro atoms. The molecule has 2 aromatic heterocycles. The Hall–Kier alpha value is -1.47. The first-order valence-electron chi connectivity index (χ1n) is 6.37. The molecule has 0 aliphatic heterocycles. The fraction of sp³-hybridized carbons (Fsp3) is 0.462. The summed E-state index contributed by atoms with van der Waals surface area (Å²) in [6.07, 6.45) is 2.09. The van der Waals surface area contributed by atoms with E-state index < -0.39 is 0 Å². The molecule has 5 nitrogen and oxygen atoms in total. The second kappa shape index (κ2) is 6.81. The number of aromatic nitrogens is 2. The minimum Gasteiger partial charge on any atom is -0.466 e. The summed E-state index contributed by atoms with van der Waals surface area (Å²) in [5.41, 5.74) is 0.735. The largest absolute Gasteiger partial charge is 0.466 e. The smallest absolute Gasteiger partial charge is 0.311 e. The molecule has 0 aromatic carbocycles. The van der Waals surface area contributed by atoms with E-state index in [1.165, 1.54) is 16.2 Å². The third-order valence-corrected chi connectivity index (χ3v) is 4.45. The number of aryl methyl sites for hydroxylation is 1. The third kappa shape index (κ3) is 4.01. The van der Waals surface area contributed by atoms with E-state index in [9.17, 15) is 4.79 Å². The Labute approximate surface area is 126 Å². The van der Waals surface area contributed by atoms with Crippen LogP contribution < -0.4 is 5.32 Å². The highest BCUT2D eigenvalue weighted by atomic mass is 32.1. The second-order valence-corrected chi connectivity index (χ2v) is 6.43. The summed E-state index contributed by atoms with van der Waals surface area (Å²) in [4.78, 5) is 21.3. The molecule has 2 rings (SSSR count). The van der Waals surface area contributed by atoms with Crippen molar-refractivity contribution in [2.24, 2.45) is 0 Å². The van der Waals surface area contributed by atoms with E-state index in [1.807, 2.05) is 25.4 Å². The van der Waals surface area contributed by atoms with Gasteiger partial charge in [-0.25, -0.2) is 9.97 Å². The number of carbonyl (C=O) groups excluding carboxylic acids is 1. The Balaban J connectivity index is 1.94. The molecule has 0 aliphatic carbocycles. The molecule has 2 heterocycles. The zero-order chi connectivity index (χ0) is 14.5. The van der Waals surface area contributed by atoms with Gasteiger partial charge in [0.25, 0.3) is 0 Å². The van der Waals surface area contributed by atoms with Gasteiger partial charge >= 0.3 is 5.97 Å². The summed E-state index contributed by atoms with van der Waals surface area (Å²) < 4.78 is 4.91. The quantitative estimate of drug-likeness (QED) is 0.830. The zero-order valence-electron chi connectivity index (χ0n) is 11.7. The number of anilines is 1. The fourth-order valence-corrected chi connectivity index (χ4v) is 3.21. The van der Waals surface area contributed by atoms with Gasteiger partial charge in [-0.2, -0.15) is 0 Å². The highest BCUT2D eigenvalue weighted by Crippen LogP contribution is 2.25. The fourth-order valence-electron chi connectivity index (χ4n) is 1.63. The minimum absolute atomic E-state index is 0.107. The molecule has 1 atom stereocenters. The number of nitrogens with one attached hydrogen (secondary N) is 1. The van der Waals surface area contributed by atoms with Gasteiger partial charge in [0.15, 0.2) is 5.13 Å². The van der Waals surface area contributed by atoms with Crippen molar-refractivity contribution in [3.05, 3.63) is 27.2 Å². The maximum atomic E-state index is 11.4. The summed E-state index contributed by atoms with van der Waals surface area (Å²) >= 11 is 3.15. The normalized spacial score (nSPS) is 12.2. The van der Waals surface area contributed by atoms with Crippen LogP contribution in [0.4, 0.5) is 5.13 Å². The van der Waals surface area contributed by atoms with Crippen LogP contribution in [0.5, 0.6) is 0 Å². The number of esters is 1. The Kier molecular flexibility index (Phi) is 5.08. The highest BCUT2D eigenvalue weighted by molar-refractivity contribution is 7.13. The van der Waals surface area contributed by atoms with Gasteiger partial charge in [-0.15, -0.1) is 22.7 Å². The molecule has 0 fully saturated rings. The van der Waals surface area contributed by atoms with Crippen molar-refractivity contribution in [2.45, 2.75) is 33.2 Å². The molecule has 0 saturated carbocycles. The van der Waals surface area contributed by atoms with Crippen molar-refractivity contribution in [2.75, 3.05) is 11.9 Å². The summed E-state index contributed by atoms with van der Waals surface area (Å²) in [7, 11) is 0. The highest BCUT2D eigenvalue weighted by Gasteiger charge is 2.13. The molecule has 0 radical (unpaired) electrons. The molecule has 20 heavy (non-hydrogen) atoms. The molecule has 1 N–H and O–H groups in total. The monoisotopic (exact) mass is 311 g/mol. The second-order valence-electron chi connectivity index (χ2n) is 4.30. The van der Waals surface area contributed by atoms with Crippen LogP contribution in [0.3, 0.4) is 0 Å². The lowest BCUT2D eigenvalue weighted by molar-refractivity contribution is -0.142. The van der Waals surface area contributed by atoms with Crippen LogP contribution in [0, 0.1) is 6.92 Å². The molecule has 1 unspecified atom stereocenters. The van der Waals surface area contributed by atoms with Crippen LogP contribution in [0.25, 0.3) is 0 Å². The van der Waals surface area contributed by atoms with Gasteiger partial charge in [0.1, 0.15) is 5.01 Å². The summed E-state index contributed by atoms with van der Waals surface area (Å²) in [6.45, 7) is 6.28.